The van der Waals surface area contributed by atoms with Gasteiger partial charge in [0.05, 0.1) is 30.5 Å². The maximum atomic E-state index is 14.2. The third-order valence-electron chi connectivity index (χ3n) is 6.20. The summed E-state index contributed by atoms with van der Waals surface area (Å²) < 4.78 is 62.5. The number of aryl methyl sites for hydroxylation is 1. The molecule has 0 aromatic heterocycles. The van der Waals surface area contributed by atoms with Crippen molar-refractivity contribution >= 4 is 0 Å². The Balaban J connectivity index is 1.67. The number of nitrogens with zero attached hydrogens (tertiary/aromatic N) is 2. The topological polar surface area (TPSA) is 59.4 Å². The van der Waals surface area contributed by atoms with E-state index >= 15 is 0 Å². The molecule has 1 aromatic carbocycles. The van der Waals surface area contributed by atoms with Crippen molar-refractivity contribution < 1.29 is 22.3 Å². The smallest absolute Gasteiger partial charge is 0.393 e. The number of nitrogens with one attached hydrogen (secondary N) is 1. The molecular weight excluding hydrogens is 426 g/mol. The van der Waals surface area contributed by atoms with E-state index in [1.54, 1.807) is 37.5 Å². The number of hydrogen-bond donors (Lipinski definition) is 1. The highest BCUT2D eigenvalue weighted by Crippen LogP contribution is 2.57. The number of aromatic nitrogens is 2. The molecule has 0 saturated heterocycles. The molecule has 1 atom stereocenters. The molecule has 0 amide bonds. The fraction of sp³-hybridized carbons (Fsp3) is 0.391. The first-order chi connectivity index (χ1) is 15.2. The van der Waals surface area contributed by atoms with Gasteiger partial charge in [-0.25, -0.2) is 4.39 Å². The van der Waals surface area contributed by atoms with Crippen LogP contribution in [-0.2, 0) is 12.5 Å². The van der Waals surface area contributed by atoms with Crippen LogP contribution in [0, 0.1) is 11.7 Å². The number of benzene rings is 2. The molecule has 1 N–H and O–H groups in total. The Morgan fingerprint density at radius 3 is 2.56 bits per heavy atom. The molecule has 2 aliphatic carbocycles. The molecule has 0 radical (unpaired) electrons. The standard InChI is InChI=1S/C23H23F4N3O2/c1-30-21(31)15-5-3-8-19(16(15)13-29-30)28-12-14(23(25,26)27)11-22(9-10-22)17-6-4-7-18(24)20(17)32-2/h3-8,13-14,29H,9-12H2,1-2H3/b28-19-. The summed E-state index contributed by atoms with van der Waals surface area (Å²) in [6.45, 7) is -0.489. The lowest BCUT2D eigenvalue weighted by Gasteiger charge is -2.26. The molecule has 1 saturated carbocycles. The van der Waals surface area contributed by atoms with Gasteiger partial charge in [0.2, 0.25) is 0 Å². The molecule has 5 nitrogen and oxygen atoms in total. The van der Waals surface area contributed by atoms with Crippen molar-refractivity contribution in [2.45, 2.75) is 30.9 Å². The number of hydrogen-bond acceptors (Lipinski definition) is 3. The zero-order chi connectivity index (χ0) is 23.1. The Morgan fingerprint density at radius 1 is 1.19 bits per heavy atom. The van der Waals surface area contributed by atoms with Gasteiger partial charge in [-0.1, -0.05) is 18.2 Å². The van der Waals surface area contributed by atoms with Crippen LogP contribution in [0.25, 0.3) is 11.1 Å². The van der Waals surface area contributed by atoms with Crippen molar-refractivity contribution in [3.8, 4) is 16.9 Å². The average Bonchev–Trinajstić information content (AvgIpc) is 3.53. The van der Waals surface area contributed by atoms with E-state index in [1.807, 2.05) is 0 Å². The highest BCUT2D eigenvalue weighted by molar-refractivity contribution is 5.61. The minimum absolute atomic E-state index is 0.00305. The highest BCUT2D eigenvalue weighted by Gasteiger charge is 2.52. The van der Waals surface area contributed by atoms with Crippen LogP contribution in [0.4, 0.5) is 17.6 Å². The zero-order valence-corrected chi connectivity index (χ0v) is 17.7. The number of fused-ring (bicyclic) bond motifs is 1. The van der Waals surface area contributed by atoms with Crippen molar-refractivity contribution in [3.05, 3.63) is 69.7 Å². The summed E-state index contributed by atoms with van der Waals surface area (Å²) in [6.07, 6.45) is -2.08. The summed E-state index contributed by atoms with van der Waals surface area (Å²) in [6, 6.07) is 9.16. The Bertz CT molecular complexity index is 1220. The van der Waals surface area contributed by atoms with Crippen LogP contribution in [0.1, 0.15) is 24.8 Å². The van der Waals surface area contributed by atoms with E-state index in [0.717, 1.165) is 0 Å². The molecule has 1 fully saturated rings. The quantitative estimate of drug-likeness (QED) is 0.575. The minimum Gasteiger partial charge on any atom is -0.493 e. The maximum absolute atomic E-state index is 14.2. The van der Waals surface area contributed by atoms with Gasteiger partial charge in [0.1, 0.15) is 0 Å². The summed E-state index contributed by atoms with van der Waals surface area (Å²) in [5.74, 6) is -2.30. The number of halogens is 4. The predicted molar refractivity (Wildman–Crippen MR) is 111 cm³/mol. The molecule has 1 aliphatic heterocycles. The molecule has 170 valence electrons. The summed E-state index contributed by atoms with van der Waals surface area (Å²) >= 11 is 0. The number of methoxy groups -OCH3 is 1. The molecule has 0 spiro atoms. The van der Waals surface area contributed by atoms with Gasteiger partial charge in [-0.15, -0.1) is 0 Å². The number of H-pyrrole nitrogens is 1. The third kappa shape index (κ3) is 4.03. The van der Waals surface area contributed by atoms with Crippen LogP contribution in [-0.4, -0.2) is 29.6 Å². The molecule has 9 heteroatoms. The van der Waals surface area contributed by atoms with Crippen molar-refractivity contribution in [2.75, 3.05) is 13.7 Å². The minimum atomic E-state index is -4.48. The molecule has 32 heavy (non-hydrogen) atoms. The molecule has 1 aromatic rings. The summed E-state index contributed by atoms with van der Waals surface area (Å²) in [4.78, 5) is 16.5. The maximum Gasteiger partial charge on any atom is 0.393 e. The van der Waals surface area contributed by atoms with Gasteiger partial charge in [-0.2, -0.15) is 13.2 Å². The Morgan fingerprint density at radius 2 is 1.91 bits per heavy atom. The van der Waals surface area contributed by atoms with Crippen LogP contribution in [0.3, 0.4) is 0 Å². The summed E-state index contributed by atoms with van der Waals surface area (Å²) in [5, 5.41) is 3.08. The first-order valence-corrected chi connectivity index (χ1v) is 10.2. The van der Waals surface area contributed by atoms with Crippen molar-refractivity contribution in [1.29, 1.82) is 0 Å². The van der Waals surface area contributed by atoms with E-state index in [1.165, 1.54) is 23.9 Å². The van der Waals surface area contributed by atoms with Crippen LogP contribution in [0.2, 0.25) is 0 Å². The van der Waals surface area contributed by atoms with Crippen LogP contribution >= 0.6 is 0 Å². The predicted octanol–water partition coefficient (Wildman–Crippen LogP) is 4.17. The summed E-state index contributed by atoms with van der Waals surface area (Å²) in [7, 11) is 2.87. The molecule has 0 bridgehead atoms. The van der Waals surface area contributed by atoms with Crippen molar-refractivity contribution in [3.63, 3.8) is 0 Å². The Labute approximate surface area is 181 Å². The largest absolute Gasteiger partial charge is 0.493 e. The molecule has 1 unspecified atom stereocenters. The fourth-order valence-electron chi connectivity index (χ4n) is 4.26. The lowest BCUT2D eigenvalue weighted by atomic mass is 9.84. The van der Waals surface area contributed by atoms with E-state index in [0.29, 0.717) is 34.9 Å². The van der Waals surface area contributed by atoms with Gasteiger partial charge in [-0.05, 0) is 42.9 Å². The monoisotopic (exact) mass is 449 g/mol. The Kier molecular flexibility index (Phi) is 5.60. The van der Waals surface area contributed by atoms with E-state index in [2.05, 4.69) is 10.1 Å². The van der Waals surface area contributed by atoms with Crippen molar-refractivity contribution in [1.82, 2.24) is 9.78 Å². The lowest BCUT2D eigenvalue weighted by molar-refractivity contribution is -0.175. The number of para-hydroxylation sites is 1. The second-order valence-corrected chi connectivity index (χ2v) is 8.26. The first kappa shape index (κ1) is 22.1. The highest BCUT2D eigenvalue weighted by atomic mass is 19.4. The van der Waals surface area contributed by atoms with Gasteiger partial charge in [0, 0.05) is 24.4 Å². The zero-order valence-electron chi connectivity index (χ0n) is 17.7. The summed E-state index contributed by atoms with van der Waals surface area (Å²) in [5.41, 5.74) is 0.231. The molecule has 4 rings (SSSR count). The van der Waals surface area contributed by atoms with E-state index in [-0.39, 0.29) is 17.7 Å². The second-order valence-electron chi connectivity index (χ2n) is 8.26. The van der Waals surface area contributed by atoms with Crippen LogP contribution in [0.15, 0.2) is 52.4 Å². The SMILES string of the molecule is COc1c(F)cccc1C1(CC(C/N=c2/cccc3c(=O)n(C)[nH]cc2-3)C(F)(F)F)CC1. The number of rotatable bonds is 6. The first-order valence-electron chi connectivity index (χ1n) is 10.2. The van der Waals surface area contributed by atoms with Crippen LogP contribution in [0.5, 0.6) is 5.75 Å². The van der Waals surface area contributed by atoms with E-state index < -0.39 is 29.9 Å². The second kappa shape index (κ2) is 8.11. The average molecular weight is 449 g/mol. The number of alkyl halides is 3. The van der Waals surface area contributed by atoms with E-state index in [9.17, 15) is 22.4 Å². The lowest BCUT2D eigenvalue weighted by Crippen LogP contribution is -2.31. The number of aromatic amines is 1. The molecule has 1 heterocycles. The molecule has 3 aliphatic rings. The fourth-order valence-corrected chi connectivity index (χ4v) is 4.26. The molecular formula is C23H23F4N3O2. The Hall–Kier alpha value is -3.10. The van der Waals surface area contributed by atoms with Gasteiger partial charge < -0.3 is 9.84 Å². The van der Waals surface area contributed by atoms with Gasteiger partial charge in [-0.3, -0.25) is 14.5 Å². The van der Waals surface area contributed by atoms with Gasteiger partial charge in [0.15, 0.2) is 11.6 Å². The van der Waals surface area contributed by atoms with Gasteiger partial charge in [0.25, 0.3) is 5.56 Å². The van der Waals surface area contributed by atoms with E-state index in [4.69, 9.17) is 4.74 Å². The van der Waals surface area contributed by atoms with Crippen molar-refractivity contribution in [2.24, 2.45) is 18.0 Å². The normalized spacial score (nSPS) is 16.9. The van der Waals surface area contributed by atoms with Crippen LogP contribution < -0.4 is 15.7 Å². The number of ether oxygens (including phenoxy) is 1. The van der Waals surface area contributed by atoms with Gasteiger partial charge >= 0.3 is 6.18 Å². The third-order valence-corrected chi connectivity index (χ3v) is 6.20.